The van der Waals surface area contributed by atoms with Crippen molar-refractivity contribution in [3.63, 3.8) is 0 Å². The molecule has 2 aromatic rings. The second-order valence-electron chi connectivity index (χ2n) is 12.3. The number of amidine groups is 1. The molecule has 0 spiro atoms. The molecule has 1 fully saturated rings. The molecule has 0 saturated carbocycles. The highest BCUT2D eigenvalue weighted by atomic mass is 16.7. The average molecular weight is 550 g/mol. The summed E-state index contributed by atoms with van der Waals surface area (Å²) in [7, 11) is 3.95. The van der Waals surface area contributed by atoms with Crippen molar-refractivity contribution in [3.05, 3.63) is 59.7 Å². The lowest BCUT2D eigenvalue weighted by atomic mass is 9.86. The maximum Gasteiger partial charge on any atom is 0.331 e. The number of unbranched alkanes of at least 4 members (excludes halogenated alkanes) is 4. The van der Waals surface area contributed by atoms with Gasteiger partial charge in [-0.2, -0.15) is 0 Å². The molecule has 40 heavy (non-hydrogen) atoms. The summed E-state index contributed by atoms with van der Waals surface area (Å²) in [6.45, 7) is 13.1. The van der Waals surface area contributed by atoms with E-state index in [1.165, 1.54) is 12.0 Å². The van der Waals surface area contributed by atoms with Gasteiger partial charge in [0.25, 0.3) is 5.79 Å². The quantitative estimate of drug-likeness (QED) is 0.0988. The molecule has 0 atom stereocenters. The SMILES string of the molecule is CCCCCCCN(Cc1ccc(C(C)(C)C)cc1)C(=Nc1ccc(N(C)C)cc1)C1C(=O)OC(C)(C)OC1=O. The number of hydrogen-bond donors (Lipinski definition) is 0. The number of cyclic esters (lactones) is 2. The topological polar surface area (TPSA) is 71.4 Å². The van der Waals surface area contributed by atoms with Gasteiger partial charge in [-0.25, -0.2) is 4.99 Å². The summed E-state index contributed by atoms with van der Waals surface area (Å²) in [6.07, 6.45) is 5.47. The van der Waals surface area contributed by atoms with Gasteiger partial charge in [0.1, 0.15) is 5.84 Å². The predicted molar refractivity (Wildman–Crippen MR) is 162 cm³/mol. The number of rotatable bonds is 11. The van der Waals surface area contributed by atoms with Gasteiger partial charge in [0.15, 0.2) is 0 Å². The predicted octanol–water partition coefficient (Wildman–Crippen LogP) is 7.01. The van der Waals surface area contributed by atoms with Crippen LogP contribution in [0, 0.1) is 5.92 Å². The zero-order chi connectivity index (χ0) is 29.5. The van der Waals surface area contributed by atoms with E-state index in [2.05, 4.69) is 56.9 Å². The molecule has 1 aliphatic heterocycles. The molecule has 218 valence electrons. The maximum absolute atomic E-state index is 13.3. The minimum absolute atomic E-state index is 0.0469. The molecule has 2 aromatic carbocycles. The van der Waals surface area contributed by atoms with Crippen molar-refractivity contribution >= 4 is 29.1 Å². The highest BCUT2D eigenvalue weighted by Gasteiger charge is 2.47. The van der Waals surface area contributed by atoms with Crippen LogP contribution in [0.2, 0.25) is 0 Å². The molecule has 0 unspecified atom stereocenters. The number of esters is 2. The smallest absolute Gasteiger partial charge is 0.331 e. The summed E-state index contributed by atoms with van der Waals surface area (Å²) >= 11 is 0. The Morgan fingerprint density at radius 1 is 0.875 bits per heavy atom. The van der Waals surface area contributed by atoms with E-state index in [4.69, 9.17) is 14.5 Å². The number of hydrogen-bond acceptors (Lipinski definition) is 6. The zero-order valence-electron chi connectivity index (χ0n) is 25.6. The van der Waals surface area contributed by atoms with Crippen LogP contribution in [0.4, 0.5) is 11.4 Å². The first-order valence-corrected chi connectivity index (χ1v) is 14.5. The van der Waals surface area contributed by atoms with Crippen LogP contribution in [-0.2, 0) is 31.0 Å². The minimum Gasteiger partial charge on any atom is -0.422 e. The highest BCUT2D eigenvalue weighted by Crippen LogP contribution is 2.29. The minimum atomic E-state index is -1.31. The average Bonchev–Trinajstić information content (AvgIpc) is 2.86. The Kier molecular flexibility index (Phi) is 10.4. The standard InChI is InChI=1S/C33H47N3O4/c1-9-10-11-12-13-22-36(23-24-14-16-25(17-15-24)32(2,3)4)29(28-30(37)39-33(5,6)40-31(28)38)34-26-18-20-27(21-19-26)35(7)8/h14-21,28H,9-13,22-23H2,1-8H3. The fraction of sp³-hybridized carbons (Fsp3) is 0.545. The van der Waals surface area contributed by atoms with Crippen LogP contribution in [-0.4, -0.2) is 49.1 Å². The lowest BCUT2D eigenvalue weighted by molar-refractivity contribution is -0.236. The molecule has 0 N–H and O–H groups in total. The van der Waals surface area contributed by atoms with Crippen molar-refractivity contribution in [2.75, 3.05) is 25.5 Å². The van der Waals surface area contributed by atoms with Crippen LogP contribution in [0.3, 0.4) is 0 Å². The lowest BCUT2D eigenvalue weighted by Gasteiger charge is -2.36. The van der Waals surface area contributed by atoms with Crippen molar-refractivity contribution in [3.8, 4) is 0 Å². The summed E-state index contributed by atoms with van der Waals surface area (Å²) < 4.78 is 11.1. The molecule has 0 amide bonds. The van der Waals surface area contributed by atoms with E-state index in [1.807, 2.05) is 43.3 Å². The summed E-state index contributed by atoms with van der Waals surface area (Å²) in [6, 6.07) is 16.3. The fourth-order valence-electron chi connectivity index (χ4n) is 4.72. The van der Waals surface area contributed by atoms with Crippen LogP contribution >= 0.6 is 0 Å². The largest absolute Gasteiger partial charge is 0.422 e. The van der Waals surface area contributed by atoms with Crippen molar-refractivity contribution in [1.29, 1.82) is 0 Å². The number of carbonyl (C=O) groups is 2. The Morgan fingerprint density at radius 2 is 1.45 bits per heavy atom. The van der Waals surface area contributed by atoms with E-state index < -0.39 is 23.6 Å². The first-order chi connectivity index (χ1) is 18.8. The van der Waals surface area contributed by atoms with E-state index in [1.54, 1.807) is 13.8 Å². The maximum atomic E-state index is 13.3. The van der Waals surface area contributed by atoms with Gasteiger partial charge in [-0.05, 0) is 47.2 Å². The molecule has 1 saturated heterocycles. The van der Waals surface area contributed by atoms with E-state index >= 15 is 0 Å². The van der Waals surface area contributed by atoms with E-state index in [9.17, 15) is 9.59 Å². The third-order valence-corrected chi connectivity index (χ3v) is 7.08. The van der Waals surface area contributed by atoms with Gasteiger partial charge in [-0.1, -0.05) is 77.6 Å². The van der Waals surface area contributed by atoms with Crippen LogP contribution < -0.4 is 4.90 Å². The van der Waals surface area contributed by atoms with E-state index in [0.717, 1.165) is 36.9 Å². The van der Waals surface area contributed by atoms with Crippen LogP contribution in [0.1, 0.15) is 84.8 Å². The second-order valence-corrected chi connectivity index (χ2v) is 12.3. The zero-order valence-corrected chi connectivity index (χ0v) is 25.6. The number of benzene rings is 2. The third kappa shape index (κ3) is 8.57. The van der Waals surface area contributed by atoms with Crippen molar-refractivity contribution in [2.45, 2.75) is 91.4 Å². The Morgan fingerprint density at radius 3 is 1.98 bits per heavy atom. The Balaban J connectivity index is 2.03. The molecule has 7 nitrogen and oxygen atoms in total. The second kappa shape index (κ2) is 13.3. The third-order valence-electron chi connectivity index (χ3n) is 7.08. The Bertz CT molecular complexity index is 1140. The summed E-state index contributed by atoms with van der Waals surface area (Å²) in [4.78, 5) is 35.6. The summed E-state index contributed by atoms with van der Waals surface area (Å²) in [5.74, 6) is -3.48. The Labute approximate surface area is 240 Å². The number of carbonyl (C=O) groups excluding carboxylic acids is 2. The first kappa shape index (κ1) is 31.2. The molecular formula is C33H47N3O4. The number of ether oxygens (including phenoxy) is 2. The van der Waals surface area contributed by atoms with Crippen molar-refractivity contribution in [1.82, 2.24) is 4.90 Å². The summed E-state index contributed by atoms with van der Waals surface area (Å²) in [5.41, 5.74) is 4.06. The number of aliphatic imine (C=N–C) groups is 1. The van der Waals surface area contributed by atoms with Gasteiger partial charge in [-0.15, -0.1) is 0 Å². The van der Waals surface area contributed by atoms with Gasteiger partial charge >= 0.3 is 11.9 Å². The fourth-order valence-corrected chi connectivity index (χ4v) is 4.72. The van der Waals surface area contributed by atoms with Gasteiger partial charge in [0.05, 0.1) is 5.69 Å². The lowest BCUT2D eigenvalue weighted by Crippen LogP contribution is -2.52. The van der Waals surface area contributed by atoms with Gasteiger partial charge in [0.2, 0.25) is 5.92 Å². The highest BCUT2D eigenvalue weighted by molar-refractivity contribution is 6.17. The van der Waals surface area contributed by atoms with E-state index in [0.29, 0.717) is 24.6 Å². The van der Waals surface area contributed by atoms with Crippen LogP contribution in [0.15, 0.2) is 53.5 Å². The Hall–Kier alpha value is -3.35. The van der Waals surface area contributed by atoms with Gasteiger partial charge in [-0.3, -0.25) is 9.59 Å². The number of nitrogens with zero attached hydrogens (tertiary/aromatic N) is 3. The molecule has 0 aromatic heterocycles. The molecule has 0 bridgehead atoms. The first-order valence-electron chi connectivity index (χ1n) is 14.5. The summed E-state index contributed by atoms with van der Waals surface area (Å²) in [5, 5.41) is 0. The molecule has 0 aliphatic carbocycles. The number of anilines is 1. The van der Waals surface area contributed by atoms with Crippen LogP contribution in [0.5, 0.6) is 0 Å². The molecule has 0 radical (unpaired) electrons. The molecule has 1 heterocycles. The molecule has 7 heteroatoms. The molecule has 1 aliphatic rings. The van der Waals surface area contributed by atoms with Gasteiger partial charge < -0.3 is 19.3 Å². The van der Waals surface area contributed by atoms with Crippen molar-refractivity contribution < 1.29 is 19.1 Å². The van der Waals surface area contributed by atoms with E-state index in [-0.39, 0.29) is 5.41 Å². The molecular weight excluding hydrogens is 502 g/mol. The van der Waals surface area contributed by atoms with Gasteiger partial charge in [0, 0.05) is 46.7 Å². The van der Waals surface area contributed by atoms with Crippen LogP contribution in [0.25, 0.3) is 0 Å². The molecule has 3 rings (SSSR count). The normalized spacial score (nSPS) is 15.9. The monoisotopic (exact) mass is 549 g/mol. The van der Waals surface area contributed by atoms with Crippen molar-refractivity contribution in [2.24, 2.45) is 10.9 Å².